The first-order valence-electron chi connectivity index (χ1n) is 6.11. The highest BCUT2D eigenvalue weighted by Crippen LogP contribution is 2.24. The summed E-state index contributed by atoms with van der Waals surface area (Å²) in [5, 5.41) is 0. The molecule has 1 aliphatic carbocycles. The Morgan fingerprint density at radius 2 is 2.12 bits per heavy atom. The molecule has 0 amide bonds. The van der Waals surface area contributed by atoms with E-state index in [1.807, 2.05) is 6.92 Å². The fraction of sp³-hybridized carbons (Fsp3) is 0.533. The topological polar surface area (TPSA) is 26.3 Å². The van der Waals surface area contributed by atoms with Crippen LogP contribution in [0.15, 0.2) is 11.1 Å². The molecule has 0 fully saturated rings. The Labute approximate surface area is 103 Å². The summed E-state index contributed by atoms with van der Waals surface area (Å²) in [4.78, 5) is 11.8. The SMILES string of the molecule is C#CC1=C(C(=O)OCCC#CCC)CCCC1. The van der Waals surface area contributed by atoms with Gasteiger partial charge < -0.3 is 4.74 Å². The van der Waals surface area contributed by atoms with Gasteiger partial charge in [0.25, 0.3) is 0 Å². The lowest BCUT2D eigenvalue weighted by atomic mass is 9.92. The second-order valence-electron chi connectivity index (χ2n) is 3.90. The Morgan fingerprint density at radius 3 is 2.82 bits per heavy atom. The molecule has 0 spiro atoms. The first-order chi connectivity index (χ1) is 8.29. The summed E-state index contributed by atoms with van der Waals surface area (Å²) < 4.78 is 5.17. The van der Waals surface area contributed by atoms with Gasteiger partial charge in [0.2, 0.25) is 0 Å². The minimum absolute atomic E-state index is 0.254. The van der Waals surface area contributed by atoms with Crippen molar-refractivity contribution >= 4 is 5.97 Å². The smallest absolute Gasteiger partial charge is 0.334 e. The molecule has 0 heterocycles. The molecular formula is C15H18O2. The van der Waals surface area contributed by atoms with Crippen molar-refractivity contribution in [3.05, 3.63) is 11.1 Å². The third-order valence-electron chi connectivity index (χ3n) is 2.65. The van der Waals surface area contributed by atoms with Crippen LogP contribution < -0.4 is 0 Å². The summed E-state index contributed by atoms with van der Waals surface area (Å²) in [5.41, 5.74) is 1.52. The summed E-state index contributed by atoms with van der Waals surface area (Å²) in [5.74, 6) is 8.21. The predicted molar refractivity (Wildman–Crippen MR) is 68.0 cm³/mol. The highest BCUT2D eigenvalue weighted by molar-refractivity contribution is 5.90. The quantitative estimate of drug-likeness (QED) is 0.423. The zero-order valence-corrected chi connectivity index (χ0v) is 10.3. The summed E-state index contributed by atoms with van der Waals surface area (Å²) in [6.07, 6.45) is 10.5. The van der Waals surface area contributed by atoms with E-state index in [-0.39, 0.29) is 5.97 Å². The van der Waals surface area contributed by atoms with Crippen LogP contribution >= 0.6 is 0 Å². The van der Waals surface area contributed by atoms with Crippen LogP contribution in [0.5, 0.6) is 0 Å². The van der Waals surface area contributed by atoms with Crippen LogP contribution in [-0.2, 0) is 9.53 Å². The average molecular weight is 230 g/mol. The number of allylic oxidation sites excluding steroid dienone is 1. The molecule has 0 aliphatic heterocycles. The van der Waals surface area contributed by atoms with E-state index < -0.39 is 0 Å². The minimum atomic E-state index is -0.254. The van der Waals surface area contributed by atoms with E-state index >= 15 is 0 Å². The predicted octanol–water partition coefficient (Wildman–Crippen LogP) is 2.84. The van der Waals surface area contributed by atoms with Crippen molar-refractivity contribution in [2.75, 3.05) is 6.61 Å². The van der Waals surface area contributed by atoms with Crippen molar-refractivity contribution in [3.63, 3.8) is 0 Å². The van der Waals surface area contributed by atoms with Gasteiger partial charge in [-0.3, -0.25) is 0 Å². The van der Waals surface area contributed by atoms with E-state index in [0.29, 0.717) is 18.6 Å². The largest absolute Gasteiger partial charge is 0.461 e. The van der Waals surface area contributed by atoms with Gasteiger partial charge in [-0.25, -0.2) is 4.79 Å². The molecule has 1 aliphatic rings. The molecule has 2 nitrogen and oxygen atoms in total. The molecule has 0 aromatic carbocycles. The molecule has 0 unspecified atom stereocenters. The van der Waals surface area contributed by atoms with Gasteiger partial charge in [0.05, 0.1) is 0 Å². The van der Waals surface area contributed by atoms with Gasteiger partial charge in [-0.2, -0.15) is 0 Å². The number of carbonyl (C=O) groups is 1. The molecule has 0 aromatic rings. The van der Waals surface area contributed by atoms with Gasteiger partial charge in [-0.05, 0) is 25.7 Å². The van der Waals surface area contributed by atoms with E-state index in [1.54, 1.807) is 0 Å². The molecule has 0 saturated heterocycles. The van der Waals surface area contributed by atoms with Gasteiger partial charge in [0, 0.05) is 24.0 Å². The van der Waals surface area contributed by atoms with Crippen molar-refractivity contribution in [2.45, 2.75) is 45.4 Å². The van der Waals surface area contributed by atoms with Crippen molar-refractivity contribution in [1.82, 2.24) is 0 Å². The molecular weight excluding hydrogens is 212 g/mol. The van der Waals surface area contributed by atoms with Crippen molar-refractivity contribution in [3.8, 4) is 24.2 Å². The Balaban J connectivity index is 2.47. The maximum Gasteiger partial charge on any atom is 0.334 e. The maximum absolute atomic E-state index is 11.8. The first kappa shape index (κ1) is 13.4. The zero-order chi connectivity index (χ0) is 12.5. The number of rotatable bonds is 3. The number of hydrogen-bond donors (Lipinski definition) is 0. The lowest BCUT2D eigenvalue weighted by Gasteiger charge is -2.15. The standard InChI is InChI=1S/C15H18O2/c1-3-5-6-9-12-17-15(16)14-11-8-7-10-13(14)4-2/h2H,3,7-12H2,1H3. The molecule has 0 radical (unpaired) electrons. The lowest BCUT2D eigenvalue weighted by molar-refractivity contribution is -0.139. The van der Waals surface area contributed by atoms with Crippen molar-refractivity contribution in [1.29, 1.82) is 0 Å². The summed E-state index contributed by atoms with van der Waals surface area (Å²) in [6.45, 7) is 2.35. The zero-order valence-electron chi connectivity index (χ0n) is 10.3. The number of terminal acetylenes is 1. The highest BCUT2D eigenvalue weighted by Gasteiger charge is 2.18. The number of hydrogen-bond acceptors (Lipinski definition) is 2. The molecule has 0 bridgehead atoms. The van der Waals surface area contributed by atoms with Crippen LogP contribution in [0.2, 0.25) is 0 Å². The Bertz CT molecular complexity index is 399. The Morgan fingerprint density at radius 1 is 1.35 bits per heavy atom. The third-order valence-corrected chi connectivity index (χ3v) is 2.65. The fourth-order valence-corrected chi connectivity index (χ4v) is 1.79. The van der Waals surface area contributed by atoms with Gasteiger partial charge in [0.15, 0.2) is 0 Å². The fourth-order valence-electron chi connectivity index (χ4n) is 1.79. The van der Waals surface area contributed by atoms with E-state index in [2.05, 4.69) is 17.8 Å². The van der Waals surface area contributed by atoms with Crippen LogP contribution in [0.4, 0.5) is 0 Å². The van der Waals surface area contributed by atoms with Crippen LogP contribution in [0.3, 0.4) is 0 Å². The Hall–Kier alpha value is -1.67. The number of esters is 1. The van der Waals surface area contributed by atoms with Gasteiger partial charge >= 0.3 is 5.97 Å². The van der Waals surface area contributed by atoms with Gasteiger partial charge in [-0.1, -0.05) is 18.8 Å². The second kappa shape index (κ2) is 7.58. The normalized spacial score (nSPS) is 14.6. The molecule has 17 heavy (non-hydrogen) atoms. The molecule has 90 valence electrons. The first-order valence-corrected chi connectivity index (χ1v) is 6.11. The monoisotopic (exact) mass is 230 g/mol. The van der Waals surface area contributed by atoms with E-state index in [4.69, 9.17) is 11.2 Å². The molecule has 0 atom stereocenters. The van der Waals surface area contributed by atoms with E-state index in [0.717, 1.165) is 37.7 Å². The molecule has 0 aromatic heterocycles. The molecule has 0 saturated carbocycles. The Kier molecular flexibility index (Phi) is 5.97. The molecule has 1 rings (SSSR count). The maximum atomic E-state index is 11.8. The average Bonchev–Trinajstić information content (AvgIpc) is 2.38. The van der Waals surface area contributed by atoms with Crippen molar-refractivity contribution < 1.29 is 9.53 Å². The molecule has 2 heteroatoms. The number of carbonyl (C=O) groups excluding carboxylic acids is 1. The van der Waals surface area contributed by atoms with Crippen molar-refractivity contribution in [2.24, 2.45) is 0 Å². The summed E-state index contributed by atoms with van der Waals surface area (Å²) in [6, 6.07) is 0. The van der Waals surface area contributed by atoms with Crippen LogP contribution in [0.25, 0.3) is 0 Å². The number of ether oxygens (including phenoxy) is 1. The third kappa shape index (κ3) is 4.37. The summed E-state index contributed by atoms with van der Waals surface area (Å²) >= 11 is 0. The van der Waals surface area contributed by atoms with E-state index in [9.17, 15) is 4.79 Å². The van der Waals surface area contributed by atoms with Crippen LogP contribution in [0.1, 0.15) is 45.4 Å². The second-order valence-corrected chi connectivity index (χ2v) is 3.90. The highest BCUT2D eigenvalue weighted by atomic mass is 16.5. The van der Waals surface area contributed by atoms with E-state index in [1.165, 1.54) is 0 Å². The lowest BCUT2D eigenvalue weighted by Crippen LogP contribution is -2.13. The van der Waals surface area contributed by atoms with Gasteiger partial charge in [-0.15, -0.1) is 12.3 Å². The summed E-state index contributed by atoms with van der Waals surface area (Å²) in [7, 11) is 0. The van der Waals surface area contributed by atoms with Crippen LogP contribution in [0, 0.1) is 24.2 Å². The minimum Gasteiger partial charge on any atom is -0.461 e. The van der Waals surface area contributed by atoms with Gasteiger partial charge in [0.1, 0.15) is 6.61 Å². The van der Waals surface area contributed by atoms with Crippen LogP contribution in [-0.4, -0.2) is 12.6 Å². The molecule has 0 N–H and O–H groups in total.